The highest BCUT2D eigenvalue weighted by molar-refractivity contribution is 5.84. The number of benzene rings is 1. The van der Waals surface area contributed by atoms with Gasteiger partial charge < -0.3 is 20.1 Å². The van der Waals surface area contributed by atoms with E-state index in [1.54, 1.807) is 0 Å². The van der Waals surface area contributed by atoms with Gasteiger partial charge in [-0.1, -0.05) is 30.3 Å². The Bertz CT molecular complexity index is 629. The average molecular weight is 376 g/mol. The number of hydrogen-bond acceptors (Lipinski definition) is 4. The normalized spacial score (nSPS) is 15.7. The smallest absolute Gasteiger partial charge is 0.308 e. The Kier molecular flexibility index (Phi) is 8.26. The van der Waals surface area contributed by atoms with Crippen molar-refractivity contribution in [2.45, 2.75) is 26.2 Å². The van der Waals surface area contributed by atoms with Crippen LogP contribution < -0.4 is 5.32 Å². The molecule has 2 N–H and O–H groups in total. The first-order chi connectivity index (χ1) is 13.0. The van der Waals surface area contributed by atoms with Crippen LogP contribution in [0.15, 0.2) is 30.3 Å². The quantitative estimate of drug-likeness (QED) is 0.678. The second kappa shape index (κ2) is 10.7. The van der Waals surface area contributed by atoms with Crippen molar-refractivity contribution in [1.29, 1.82) is 0 Å². The van der Waals surface area contributed by atoms with Crippen molar-refractivity contribution in [2.75, 3.05) is 32.8 Å². The van der Waals surface area contributed by atoms with Gasteiger partial charge in [-0.25, -0.2) is 0 Å². The van der Waals surface area contributed by atoms with Gasteiger partial charge in [0, 0.05) is 33.2 Å². The Morgan fingerprint density at radius 3 is 2.48 bits per heavy atom. The van der Waals surface area contributed by atoms with Crippen LogP contribution in [0.5, 0.6) is 0 Å². The van der Waals surface area contributed by atoms with Gasteiger partial charge in [0.2, 0.25) is 11.8 Å². The number of hydrogen-bond donors (Lipinski definition) is 2. The number of amides is 2. The molecule has 1 aliphatic heterocycles. The molecule has 7 heteroatoms. The molecule has 2 amide bonds. The summed E-state index contributed by atoms with van der Waals surface area (Å²) in [4.78, 5) is 37.1. The van der Waals surface area contributed by atoms with Gasteiger partial charge in [0.25, 0.3) is 0 Å². The van der Waals surface area contributed by atoms with Crippen molar-refractivity contribution in [3.63, 3.8) is 0 Å². The van der Waals surface area contributed by atoms with Crippen LogP contribution in [0.4, 0.5) is 0 Å². The fraction of sp³-hybridized carbons (Fsp3) is 0.550. The maximum atomic E-state index is 12.3. The zero-order valence-electron chi connectivity index (χ0n) is 15.7. The van der Waals surface area contributed by atoms with Crippen molar-refractivity contribution in [3.8, 4) is 0 Å². The van der Waals surface area contributed by atoms with E-state index >= 15 is 0 Å². The molecule has 0 saturated carbocycles. The molecule has 0 spiro atoms. The van der Waals surface area contributed by atoms with Crippen LogP contribution in [0.3, 0.4) is 0 Å². The first-order valence-corrected chi connectivity index (χ1v) is 9.34. The van der Waals surface area contributed by atoms with E-state index in [0.29, 0.717) is 39.0 Å². The molecule has 1 aliphatic rings. The van der Waals surface area contributed by atoms with E-state index in [-0.39, 0.29) is 30.8 Å². The standard InChI is InChI=1S/C20H28N2O5/c1-15(23)22(10-7-16-5-3-2-4-6-16)14-19(24)21-13-18(20(25)26)17-8-11-27-12-9-17/h2-6,17-18H,7-14H2,1H3,(H,21,24)(H,25,26). The largest absolute Gasteiger partial charge is 0.481 e. The number of carbonyl (C=O) groups excluding carboxylic acids is 2. The maximum absolute atomic E-state index is 12.3. The third-order valence-corrected chi connectivity index (χ3v) is 4.96. The lowest BCUT2D eigenvalue weighted by atomic mass is 9.86. The molecule has 0 aromatic heterocycles. The number of carboxylic acids is 1. The minimum Gasteiger partial charge on any atom is -0.481 e. The molecule has 148 valence electrons. The minimum absolute atomic E-state index is 0.00135. The first kappa shape index (κ1) is 20.9. The van der Waals surface area contributed by atoms with Crippen molar-refractivity contribution in [3.05, 3.63) is 35.9 Å². The molecule has 1 unspecified atom stereocenters. The zero-order valence-corrected chi connectivity index (χ0v) is 15.7. The van der Waals surface area contributed by atoms with Gasteiger partial charge in [0.05, 0.1) is 12.5 Å². The summed E-state index contributed by atoms with van der Waals surface area (Å²) in [5, 5.41) is 12.2. The highest BCUT2D eigenvalue weighted by atomic mass is 16.5. The van der Waals surface area contributed by atoms with Crippen LogP contribution in [0.1, 0.15) is 25.3 Å². The summed E-state index contributed by atoms with van der Waals surface area (Å²) < 4.78 is 5.27. The summed E-state index contributed by atoms with van der Waals surface area (Å²) in [6.45, 7) is 2.99. The van der Waals surface area contributed by atoms with Gasteiger partial charge in [-0.15, -0.1) is 0 Å². The van der Waals surface area contributed by atoms with E-state index in [2.05, 4.69) is 5.32 Å². The molecule has 1 atom stereocenters. The third kappa shape index (κ3) is 7.02. The number of nitrogens with one attached hydrogen (secondary N) is 1. The topological polar surface area (TPSA) is 95.9 Å². The molecule has 27 heavy (non-hydrogen) atoms. The Morgan fingerprint density at radius 2 is 1.89 bits per heavy atom. The van der Waals surface area contributed by atoms with Gasteiger partial charge in [0.1, 0.15) is 0 Å². The number of rotatable bonds is 9. The molecule has 7 nitrogen and oxygen atoms in total. The van der Waals surface area contributed by atoms with Gasteiger partial charge in [-0.2, -0.15) is 0 Å². The highest BCUT2D eigenvalue weighted by Crippen LogP contribution is 2.23. The second-order valence-electron chi connectivity index (χ2n) is 6.87. The van der Waals surface area contributed by atoms with Crippen molar-refractivity contribution in [1.82, 2.24) is 10.2 Å². The number of aliphatic carboxylic acids is 1. The van der Waals surface area contributed by atoms with E-state index in [1.165, 1.54) is 11.8 Å². The summed E-state index contributed by atoms with van der Waals surface area (Å²) in [5.74, 6) is -2.06. The molecular formula is C20H28N2O5. The van der Waals surface area contributed by atoms with E-state index in [9.17, 15) is 19.5 Å². The Balaban J connectivity index is 1.83. The predicted molar refractivity (Wildman–Crippen MR) is 100 cm³/mol. The number of ether oxygens (including phenoxy) is 1. The Morgan fingerprint density at radius 1 is 1.22 bits per heavy atom. The third-order valence-electron chi connectivity index (χ3n) is 4.96. The van der Waals surface area contributed by atoms with Crippen LogP contribution in [-0.2, 0) is 25.5 Å². The molecule has 0 radical (unpaired) electrons. The van der Waals surface area contributed by atoms with Gasteiger partial charge in [0.15, 0.2) is 0 Å². The lowest BCUT2D eigenvalue weighted by Gasteiger charge is -2.28. The van der Waals surface area contributed by atoms with Crippen LogP contribution in [-0.4, -0.2) is 60.6 Å². The van der Waals surface area contributed by atoms with Crippen molar-refractivity contribution in [2.24, 2.45) is 11.8 Å². The zero-order chi connectivity index (χ0) is 19.6. The number of carboxylic acid groups (broad SMARTS) is 1. The lowest BCUT2D eigenvalue weighted by molar-refractivity contribution is -0.145. The van der Waals surface area contributed by atoms with E-state index in [0.717, 1.165) is 5.56 Å². The van der Waals surface area contributed by atoms with Crippen molar-refractivity contribution < 1.29 is 24.2 Å². The molecule has 1 aromatic carbocycles. The maximum Gasteiger partial charge on any atom is 0.308 e. The van der Waals surface area contributed by atoms with Gasteiger partial charge in [-0.3, -0.25) is 14.4 Å². The van der Waals surface area contributed by atoms with E-state index < -0.39 is 11.9 Å². The van der Waals surface area contributed by atoms with Crippen LogP contribution in [0, 0.1) is 11.8 Å². The molecule has 0 aliphatic carbocycles. The van der Waals surface area contributed by atoms with Gasteiger partial charge >= 0.3 is 5.97 Å². The molecule has 2 rings (SSSR count). The summed E-state index contributed by atoms with van der Waals surface area (Å²) >= 11 is 0. The number of carbonyl (C=O) groups is 3. The summed E-state index contributed by atoms with van der Waals surface area (Å²) in [7, 11) is 0. The molecule has 0 bridgehead atoms. The lowest BCUT2D eigenvalue weighted by Crippen LogP contribution is -2.44. The average Bonchev–Trinajstić information content (AvgIpc) is 2.66. The monoisotopic (exact) mass is 376 g/mol. The second-order valence-corrected chi connectivity index (χ2v) is 6.87. The SMILES string of the molecule is CC(=O)N(CCc1ccccc1)CC(=O)NCC(C(=O)O)C1CCOCC1. The summed E-state index contributed by atoms with van der Waals surface area (Å²) in [6.07, 6.45) is 2.03. The summed E-state index contributed by atoms with van der Waals surface area (Å²) in [5.41, 5.74) is 1.09. The van der Waals surface area contributed by atoms with E-state index in [4.69, 9.17) is 4.74 Å². The molecule has 1 fully saturated rings. The van der Waals surface area contributed by atoms with Crippen LogP contribution >= 0.6 is 0 Å². The van der Waals surface area contributed by atoms with Crippen molar-refractivity contribution >= 4 is 17.8 Å². The minimum atomic E-state index is -0.908. The molecule has 1 saturated heterocycles. The van der Waals surface area contributed by atoms with Gasteiger partial charge in [-0.05, 0) is 30.7 Å². The fourth-order valence-corrected chi connectivity index (χ4v) is 3.28. The van der Waals surface area contributed by atoms with E-state index in [1.807, 2.05) is 30.3 Å². The first-order valence-electron chi connectivity index (χ1n) is 9.34. The van der Waals surface area contributed by atoms with Crippen LogP contribution in [0.25, 0.3) is 0 Å². The Labute approximate surface area is 159 Å². The highest BCUT2D eigenvalue weighted by Gasteiger charge is 2.30. The molecule has 1 aromatic rings. The molecule has 1 heterocycles. The number of nitrogens with zero attached hydrogens (tertiary/aromatic N) is 1. The Hall–Kier alpha value is -2.41. The fourth-order valence-electron chi connectivity index (χ4n) is 3.28. The summed E-state index contributed by atoms with van der Waals surface area (Å²) in [6, 6.07) is 9.75. The molecular weight excluding hydrogens is 348 g/mol. The predicted octanol–water partition coefficient (Wildman–Crippen LogP) is 1.32. The van der Waals surface area contributed by atoms with Crippen LogP contribution in [0.2, 0.25) is 0 Å².